The number of carbonyl (C=O) groups excluding carboxylic acids is 1. The standard InChI is InChI=1S/C28H25ClN4O4S/c1-3-36-21-10-8-20(9-11-21)31-24(35)15-38-28-23-12-22-18(14-34)13-30-16(2)25(22)37-27(23)32-26(33-28)17-4-6-19(29)7-5-17/h4-11,13,34H,3,12,14-15H2,1-2H3,(H,31,35). The number of pyridine rings is 1. The maximum absolute atomic E-state index is 12.8. The van der Waals surface area contributed by atoms with E-state index < -0.39 is 0 Å². The number of benzene rings is 2. The van der Waals surface area contributed by atoms with Crippen LogP contribution in [-0.4, -0.2) is 38.3 Å². The van der Waals surface area contributed by atoms with Gasteiger partial charge in [0, 0.05) is 40.0 Å². The summed E-state index contributed by atoms with van der Waals surface area (Å²) in [5, 5.41) is 14.0. The molecule has 2 aromatic heterocycles. The van der Waals surface area contributed by atoms with Crippen LogP contribution in [0.15, 0.2) is 59.8 Å². The van der Waals surface area contributed by atoms with E-state index in [0.29, 0.717) is 57.5 Å². The van der Waals surface area contributed by atoms with Crippen LogP contribution in [0.1, 0.15) is 29.3 Å². The fraction of sp³-hybridized carbons (Fsp3) is 0.214. The van der Waals surface area contributed by atoms with Crippen molar-refractivity contribution in [2.24, 2.45) is 0 Å². The van der Waals surface area contributed by atoms with Gasteiger partial charge in [0.25, 0.3) is 0 Å². The molecule has 4 aromatic rings. The summed E-state index contributed by atoms with van der Waals surface area (Å²) in [5.74, 6) is 2.16. The number of aryl methyl sites for hydroxylation is 1. The maximum Gasteiger partial charge on any atom is 0.234 e. The summed E-state index contributed by atoms with van der Waals surface area (Å²) in [6.07, 6.45) is 2.11. The molecule has 0 saturated carbocycles. The van der Waals surface area contributed by atoms with Crippen LogP contribution in [0.5, 0.6) is 17.4 Å². The van der Waals surface area contributed by atoms with Crippen molar-refractivity contribution in [3.63, 3.8) is 0 Å². The Morgan fingerprint density at radius 3 is 2.61 bits per heavy atom. The molecule has 0 aliphatic carbocycles. The summed E-state index contributed by atoms with van der Waals surface area (Å²) in [6, 6.07) is 14.5. The van der Waals surface area contributed by atoms with Crippen LogP contribution in [0, 0.1) is 6.92 Å². The van der Waals surface area contributed by atoms with Gasteiger partial charge in [0.05, 0.1) is 30.2 Å². The number of nitrogens with one attached hydrogen (secondary N) is 1. The minimum Gasteiger partial charge on any atom is -0.494 e. The monoisotopic (exact) mass is 548 g/mol. The van der Waals surface area contributed by atoms with Gasteiger partial charge < -0.3 is 19.9 Å². The predicted molar refractivity (Wildman–Crippen MR) is 147 cm³/mol. The first-order valence-electron chi connectivity index (χ1n) is 12.0. The normalized spacial score (nSPS) is 11.8. The minimum absolute atomic E-state index is 0.131. The first-order valence-corrected chi connectivity index (χ1v) is 13.4. The first kappa shape index (κ1) is 26.0. The van der Waals surface area contributed by atoms with Crippen molar-refractivity contribution in [1.29, 1.82) is 0 Å². The maximum atomic E-state index is 12.8. The number of thioether (sulfide) groups is 1. The number of anilines is 1. The molecule has 3 heterocycles. The van der Waals surface area contributed by atoms with Crippen LogP contribution in [0.25, 0.3) is 11.4 Å². The van der Waals surface area contributed by atoms with Gasteiger partial charge in [0.15, 0.2) is 11.6 Å². The lowest BCUT2D eigenvalue weighted by Gasteiger charge is -2.24. The largest absolute Gasteiger partial charge is 0.494 e. The van der Waals surface area contributed by atoms with Crippen LogP contribution >= 0.6 is 23.4 Å². The third-order valence-corrected chi connectivity index (χ3v) is 7.22. The van der Waals surface area contributed by atoms with E-state index in [1.165, 1.54) is 11.8 Å². The number of aromatic nitrogens is 3. The number of rotatable bonds is 8. The van der Waals surface area contributed by atoms with Crippen LogP contribution < -0.4 is 14.8 Å². The highest BCUT2D eigenvalue weighted by Gasteiger charge is 2.28. The molecule has 1 amide bonds. The number of hydrogen-bond donors (Lipinski definition) is 2. The van der Waals surface area contributed by atoms with Crippen molar-refractivity contribution in [2.75, 3.05) is 17.7 Å². The molecule has 10 heteroatoms. The topological polar surface area (TPSA) is 106 Å². The van der Waals surface area contributed by atoms with Gasteiger partial charge in [0.1, 0.15) is 10.8 Å². The third kappa shape index (κ3) is 5.60. The Morgan fingerprint density at radius 2 is 1.89 bits per heavy atom. The van der Waals surface area contributed by atoms with E-state index in [1.807, 2.05) is 38.1 Å². The number of amides is 1. The first-order chi connectivity index (χ1) is 18.4. The van der Waals surface area contributed by atoms with E-state index in [-0.39, 0.29) is 18.3 Å². The van der Waals surface area contributed by atoms with Gasteiger partial charge in [-0.25, -0.2) is 4.98 Å². The second-order valence-corrected chi connectivity index (χ2v) is 9.95. The van der Waals surface area contributed by atoms with E-state index in [1.54, 1.807) is 30.5 Å². The van der Waals surface area contributed by atoms with Crippen LogP contribution in [-0.2, 0) is 17.8 Å². The minimum atomic E-state index is -0.173. The Bertz CT molecular complexity index is 1480. The summed E-state index contributed by atoms with van der Waals surface area (Å²) < 4.78 is 11.7. The van der Waals surface area contributed by atoms with Gasteiger partial charge in [-0.2, -0.15) is 4.98 Å². The van der Waals surface area contributed by atoms with Crippen molar-refractivity contribution in [3.05, 3.63) is 82.1 Å². The molecule has 1 aliphatic heterocycles. The molecule has 0 fully saturated rings. The Hall–Kier alpha value is -3.66. The second-order valence-electron chi connectivity index (χ2n) is 8.55. The summed E-state index contributed by atoms with van der Waals surface area (Å²) in [5.41, 5.74) is 4.44. The average Bonchev–Trinajstić information content (AvgIpc) is 2.93. The Balaban J connectivity index is 1.43. The highest BCUT2D eigenvalue weighted by Crippen LogP contribution is 2.42. The van der Waals surface area contributed by atoms with Gasteiger partial charge in [-0.1, -0.05) is 23.4 Å². The van der Waals surface area contributed by atoms with Crippen molar-refractivity contribution in [2.45, 2.75) is 31.9 Å². The smallest absolute Gasteiger partial charge is 0.234 e. The van der Waals surface area contributed by atoms with Crippen molar-refractivity contribution < 1.29 is 19.4 Å². The zero-order valence-electron chi connectivity index (χ0n) is 20.8. The zero-order valence-corrected chi connectivity index (χ0v) is 22.4. The molecule has 0 unspecified atom stereocenters. The third-order valence-electron chi connectivity index (χ3n) is 5.95. The fourth-order valence-corrected chi connectivity index (χ4v) is 5.02. The summed E-state index contributed by atoms with van der Waals surface area (Å²) >= 11 is 7.38. The number of hydrogen-bond acceptors (Lipinski definition) is 8. The highest BCUT2D eigenvalue weighted by molar-refractivity contribution is 8.00. The van der Waals surface area contributed by atoms with Crippen molar-refractivity contribution >= 4 is 35.0 Å². The van der Waals surface area contributed by atoms with Gasteiger partial charge in [-0.05, 0) is 62.4 Å². The molecule has 8 nitrogen and oxygen atoms in total. The molecule has 0 spiro atoms. The van der Waals surface area contributed by atoms with Crippen molar-refractivity contribution in [1.82, 2.24) is 15.0 Å². The molecule has 0 bridgehead atoms. The van der Waals surface area contributed by atoms with E-state index >= 15 is 0 Å². The highest BCUT2D eigenvalue weighted by atomic mass is 35.5. The number of aliphatic hydroxyl groups excluding tert-OH is 1. The molecule has 2 aromatic carbocycles. The van der Waals surface area contributed by atoms with Gasteiger partial charge in [-0.3, -0.25) is 9.78 Å². The molecule has 2 N–H and O–H groups in total. The SMILES string of the molecule is CCOc1ccc(NC(=O)CSc2nc(-c3ccc(Cl)cc3)nc3c2Cc2c(CO)cnc(C)c2O3)cc1. The number of carbonyl (C=O) groups is 1. The number of fused-ring (bicyclic) bond motifs is 2. The molecule has 0 radical (unpaired) electrons. The van der Waals surface area contributed by atoms with E-state index in [9.17, 15) is 9.90 Å². The Kier molecular flexibility index (Phi) is 7.78. The van der Waals surface area contributed by atoms with Gasteiger partial charge in [-0.15, -0.1) is 0 Å². The number of aliphatic hydroxyl groups is 1. The lowest BCUT2D eigenvalue weighted by atomic mass is 9.99. The molecule has 0 atom stereocenters. The summed E-state index contributed by atoms with van der Waals surface area (Å²) in [7, 11) is 0. The molecule has 194 valence electrons. The summed E-state index contributed by atoms with van der Waals surface area (Å²) in [4.78, 5) is 26.7. The molecular formula is C28H25ClN4O4S. The number of nitrogens with zero attached hydrogens (tertiary/aromatic N) is 3. The fourth-order valence-electron chi connectivity index (χ4n) is 4.07. The number of halogens is 1. The zero-order chi connectivity index (χ0) is 26.6. The number of ether oxygens (including phenoxy) is 2. The Labute approximate surface area is 229 Å². The quantitative estimate of drug-likeness (QED) is 0.184. The molecular weight excluding hydrogens is 524 g/mol. The van der Waals surface area contributed by atoms with Crippen molar-refractivity contribution in [3.8, 4) is 28.8 Å². The average molecular weight is 549 g/mol. The summed E-state index contributed by atoms with van der Waals surface area (Å²) in [6.45, 7) is 4.19. The van der Waals surface area contributed by atoms with Gasteiger partial charge >= 0.3 is 0 Å². The van der Waals surface area contributed by atoms with E-state index in [4.69, 9.17) is 31.0 Å². The van der Waals surface area contributed by atoms with Crippen LogP contribution in [0.2, 0.25) is 5.02 Å². The molecule has 38 heavy (non-hydrogen) atoms. The van der Waals surface area contributed by atoms with E-state index in [0.717, 1.165) is 22.4 Å². The molecule has 5 rings (SSSR count). The molecule has 1 aliphatic rings. The molecule has 0 saturated heterocycles. The Morgan fingerprint density at radius 1 is 1.13 bits per heavy atom. The van der Waals surface area contributed by atoms with Gasteiger partial charge in [0.2, 0.25) is 11.8 Å². The van der Waals surface area contributed by atoms with E-state index in [2.05, 4.69) is 10.3 Å². The lowest BCUT2D eigenvalue weighted by molar-refractivity contribution is -0.113. The lowest BCUT2D eigenvalue weighted by Crippen LogP contribution is -2.16. The van der Waals surface area contributed by atoms with Crippen LogP contribution in [0.4, 0.5) is 5.69 Å². The predicted octanol–water partition coefficient (Wildman–Crippen LogP) is 5.82. The van der Waals surface area contributed by atoms with Crippen LogP contribution in [0.3, 0.4) is 0 Å². The second kappa shape index (κ2) is 11.4.